The summed E-state index contributed by atoms with van der Waals surface area (Å²) in [5, 5.41) is 0.734. The van der Waals surface area contributed by atoms with Crippen LogP contribution in [0.3, 0.4) is 0 Å². The van der Waals surface area contributed by atoms with Crippen molar-refractivity contribution in [3.8, 4) is 5.75 Å². The van der Waals surface area contributed by atoms with Gasteiger partial charge in [-0.1, -0.05) is 29.3 Å². The number of hydrogen-bond donors (Lipinski definition) is 0. The number of aromatic nitrogens is 2. The second kappa shape index (κ2) is 5.73. The van der Waals surface area contributed by atoms with Crippen LogP contribution < -0.4 is 16.0 Å². The van der Waals surface area contributed by atoms with Crippen molar-refractivity contribution >= 4 is 23.2 Å². The van der Waals surface area contributed by atoms with Gasteiger partial charge in [-0.25, -0.2) is 4.79 Å². The topological polar surface area (TPSA) is 53.2 Å². The summed E-state index contributed by atoms with van der Waals surface area (Å²) in [6.45, 7) is 0.0191. The van der Waals surface area contributed by atoms with Gasteiger partial charge in [0.05, 0.1) is 15.7 Å². The first kappa shape index (κ1) is 14.7. The van der Waals surface area contributed by atoms with Crippen molar-refractivity contribution in [3.05, 3.63) is 60.8 Å². The molecular formula is C13H12Cl2N2O3. The Hall–Kier alpha value is -1.72. The SMILES string of the molecule is Cn1c(COc2c(Cl)cccc2Cl)cc(=O)n(C)c1=O. The lowest BCUT2D eigenvalue weighted by Gasteiger charge is -2.12. The van der Waals surface area contributed by atoms with Gasteiger partial charge in [0.1, 0.15) is 6.61 Å². The Morgan fingerprint density at radius 2 is 1.70 bits per heavy atom. The van der Waals surface area contributed by atoms with Crippen LogP contribution in [0.15, 0.2) is 33.9 Å². The molecule has 106 valence electrons. The minimum absolute atomic E-state index is 0.0191. The van der Waals surface area contributed by atoms with Gasteiger partial charge in [0, 0.05) is 20.2 Å². The van der Waals surface area contributed by atoms with Gasteiger partial charge in [-0.2, -0.15) is 0 Å². The lowest BCUT2D eigenvalue weighted by Crippen LogP contribution is -2.38. The maximum absolute atomic E-state index is 11.8. The standard InChI is InChI=1S/C13H12Cl2N2O3/c1-16-8(6-11(18)17(2)13(16)19)7-20-12-9(14)4-3-5-10(12)15/h3-6H,7H2,1-2H3. The van der Waals surface area contributed by atoms with Crippen LogP contribution in [0, 0.1) is 0 Å². The van der Waals surface area contributed by atoms with Crippen LogP contribution in [0.4, 0.5) is 0 Å². The normalized spacial score (nSPS) is 10.6. The zero-order valence-electron chi connectivity index (χ0n) is 10.9. The highest BCUT2D eigenvalue weighted by Crippen LogP contribution is 2.32. The van der Waals surface area contributed by atoms with Crippen LogP contribution in [0.25, 0.3) is 0 Å². The maximum Gasteiger partial charge on any atom is 0.330 e. The van der Waals surface area contributed by atoms with Gasteiger partial charge in [-0.05, 0) is 12.1 Å². The Bertz CT molecular complexity index is 745. The Labute approximate surface area is 124 Å². The molecule has 2 aromatic rings. The lowest BCUT2D eigenvalue weighted by atomic mass is 10.3. The minimum Gasteiger partial charge on any atom is -0.484 e. The summed E-state index contributed by atoms with van der Waals surface area (Å²) in [5.74, 6) is 0.323. The van der Waals surface area contributed by atoms with Gasteiger partial charge in [-0.3, -0.25) is 13.9 Å². The fraction of sp³-hybridized carbons (Fsp3) is 0.231. The molecule has 20 heavy (non-hydrogen) atoms. The summed E-state index contributed by atoms with van der Waals surface area (Å²) in [4.78, 5) is 23.4. The highest BCUT2D eigenvalue weighted by molar-refractivity contribution is 6.37. The number of halogens is 2. The summed E-state index contributed by atoms with van der Waals surface area (Å²) in [6.07, 6.45) is 0. The van der Waals surface area contributed by atoms with E-state index in [-0.39, 0.29) is 6.61 Å². The number of hydrogen-bond acceptors (Lipinski definition) is 3. The summed E-state index contributed by atoms with van der Waals surface area (Å²) in [6, 6.07) is 6.33. The van der Waals surface area contributed by atoms with Crippen molar-refractivity contribution in [1.29, 1.82) is 0 Å². The van der Waals surface area contributed by atoms with Gasteiger partial charge in [-0.15, -0.1) is 0 Å². The fourth-order valence-electron chi connectivity index (χ4n) is 1.68. The van der Waals surface area contributed by atoms with E-state index in [2.05, 4.69) is 0 Å². The van der Waals surface area contributed by atoms with E-state index in [0.717, 1.165) is 4.57 Å². The number of rotatable bonds is 3. The minimum atomic E-state index is -0.415. The zero-order chi connectivity index (χ0) is 14.9. The van der Waals surface area contributed by atoms with E-state index in [0.29, 0.717) is 21.5 Å². The molecule has 5 nitrogen and oxygen atoms in total. The predicted molar refractivity (Wildman–Crippen MR) is 77.7 cm³/mol. The summed E-state index contributed by atoms with van der Waals surface area (Å²) in [5.41, 5.74) is -0.368. The third kappa shape index (κ3) is 2.73. The van der Waals surface area contributed by atoms with Gasteiger partial charge in [0.25, 0.3) is 5.56 Å². The predicted octanol–water partition coefficient (Wildman–Crippen LogP) is 1.97. The molecule has 0 bridgehead atoms. The second-order valence-corrected chi connectivity index (χ2v) is 5.03. The average molecular weight is 315 g/mol. The van der Waals surface area contributed by atoms with E-state index in [9.17, 15) is 9.59 Å². The first-order valence-electron chi connectivity index (χ1n) is 5.74. The van der Waals surface area contributed by atoms with Crippen LogP contribution in [-0.2, 0) is 20.7 Å². The highest BCUT2D eigenvalue weighted by Gasteiger charge is 2.10. The van der Waals surface area contributed by atoms with Crippen molar-refractivity contribution in [2.24, 2.45) is 14.1 Å². The molecule has 1 aromatic heterocycles. The van der Waals surface area contributed by atoms with Gasteiger partial charge in [0.15, 0.2) is 5.75 Å². The van der Waals surface area contributed by atoms with E-state index in [4.69, 9.17) is 27.9 Å². The molecule has 1 heterocycles. The van der Waals surface area contributed by atoms with Crippen molar-refractivity contribution in [2.45, 2.75) is 6.61 Å². The molecule has 0 fully saturated rings. The molecule has 0 aliphatic rings. The zero-order valence-corrected chi connectivity index (χ0v) is 12.4. The first-order valence-corrected chi connectivity index (χ1v) is 6.50. The number of benzene rings is 1. The van der Waals surface area contributed by atoms with Crippen molar-refractivity contribution in [2.75, 3.05) is 0 Å². The van der Waals surface area contributed by atoms with E-state index < -0.39 is 11.2 Å². The van der Waals surface area contributed by atoms with Crippen LogP contribution in [0.5, 0.6) is 5.75 Å². The number of ether oxygens (including phenoxy) is 1. The molecule has 7 heteroatoms. The molecule has 0 spiro atoms. The van der Waals surface area contributed by atoms with E-state index in [1.54, 1.807) is 25.2 Å². The van der Waals surface area contributed by atoms with Crippen LogP contribution in [-0.4, -0.2) is 9.13 Å². The van der Waals surface area contributed by atoms with Crippen molar-refractivity contribution in [1.82, 2.24) is 9.13 Å². The Morgan fingerprint density at radius 3 is 2.30 bits per heavy atom. The Balaban J connectivity index is 2.33. The number of nitrogens with zero attached hydrogens (tertiary/aromatic N) is 2. The quantitative estimate of drug-likeness (QED) is 0.870. The fourth-order valence-corrected chi connectivity index (χ4v) is 2.19. The largest absolute Gasteiger partial charge is 0.484 e. The van der Waals surface area contributed by atoms with E-state index in [1.165, 1.54) is 17.7 Å². The molecular weight excluding hydrogens is 303 g/mol. The molecule has 0 atom stereocenters. The van der Waals surface area contributed by atoms with Crippen LogP contribution in [0.1, 0.15) is 5.69 Å². The van der Waals surface area contributed by atoms with Crippen molar-refractivity contribution in [3.63, 3.8) is 0 Å². The molecule has 0 saturated carbocycles. The molecule has 0 radical (unpaired) electrons. The van der Waals surface area contributed by atoms with E-state index >= 15 is 0 Å². The summed E-state index contributed by atoms with van der Waals surface area (Å²) < 4.78 is 7.87. The molecule has 0 unspecified atom stereocenters. The van der Waals surface area contributed by atoms with Crippen LogP contribution in [0.2, 0.25) is 10.0 Å². The smallest absolute Gasteiger partial charge is 0.330 e. The third-order valence-electron chi connectivity index (χ3n) is 2.91. The molecule has 0 N–H and O–H groups in total. The maximum atomic E-state index is 11.8. The highest BCUT2D eigenvalue weighted by atomic mass is 35.5. The second-order valence-electron chi connectivity index (χ2n) is 4.21. The third-order valence-corrected chi connectivity index (χ3v) is 3.50. The molecule has 2 rings (SSSR count). The molecule has 1 aromatic carbocycles. The molecule has 0 aliphatic heterocycles. The van der Waals surface area contributed by atoms with Crippen molar-refractivity contribution < 1.29 is 4.74 Å². The first-order chi connectivity index (χ1) is 9.41. The van der Waals surface area contributed by atoms with Gasteiger partial charge in [0.2, 0.25) is 0 Å². The number of para-hydroxylation sites is 1. The summed E-state index contributed by atoms with van der Waals surface area (Å²) >= 11 is 12.0. The monoisotopic (exact) mass is 314 g/mol. The average Bonchev–Trinajstić information content (AvgIpc) is 2.41. The molecule has 0 saturated heterocycles. The Kier molecular flexibility index (Phi) is 4.20. The van der Waals surface area contributed by atoms with E-state index in [1.807, 2.05) is 0 Å². The van der Waals surface area contributed by atoms with Gasteiger partial charge < -0.3 is 4.74 Å². The Morgan fingerprint density at radius 1 is 1.10 bits per heavy atom. The van der Waals surface area contributed by atoms with Gasteiger partial charge >= 0.3 is 5.69 Å². The molecule has 0 aliphatic carbocycles. The lowest BCUT2D eigenvalue weighted by molar-refractivity contribution is 0.294. The molecule has 0 amide bonds. The summed E-state index contributed by atoms with van der Waals surface area (Å²) in [7, 11) is 2.98. The van der Waals surface area contributed by atoms with Crippen LogP contribution >= 0.6 is 23.2 Å².